The predicted octanol–water partition coefficient (Wildman–Crippen LogP) is 2.27. The summed E-state index contributed by atoms with van der Waals surface area (Å²) in [6.07, 6.45) is 0.985. The number of fused-ring (bicyclic) bond motifs is 3. The first-order valence-corrected chi connectivity index (χ1v) is 5.65. The molecule has 0 spiro atoms. The highest BCUT2D eigenvalue weighted by molar-refractivity contribution is 5.87. The van der Waals surface area contributed by atoms with E-state index in [0.29, 0.717) is 0 Å². The maximum Gasteiger partial charge on any atom is 0.147 e. The van der Waals surface area contributed by atoms with Gasteiger partial charge in [-0.25, -0.2) is 4.39 Å². The van der Waals surface area contributed by atoms with Crippen LogP contribution >= 0.6 is 0 Å². The number of nitrogens with zero attached hydrogens (tertiary/aromatic N) is 1. The molecule has 0 bridgehead atoms. The third-order valence-corrected chi connectivity index (χ3v) is 3.46. The van der Waals surface area contributed by atoms with Crippen molar-refractivity contribution >= 4 is 10.9 Å². The predicted molar refractivity (Wildman–Crippen MR) is 63.0 cm³/mol. The van der Waals surface area contributed by atoms with Crippen molar-refractivity contribution in [3.05, 3.63) is 34.8 Å². The highest BCUT2D eigenvalue weighted by Crippen LogP contribution is 2.30. The fourth-order valence-corrected chi connectivity index (χ4v) is 2.73. The Morgan fingerprint density at radius 1 is 1.38 bits per heavy atom. The van der Waals surface area contributed by atoms with Crippen LogP contribution in [-0.4, -0.2) is 11.1 Å². The summed E-state index contributed by atoms with van der Waals surface area (Å²) in [5.41, 5.74) is 4.29. The molecule has 84 valence electrons. The van der Waals surface area contributed by atoms with Gasteiger partial charge in [-0.1, -0.05) is 0 Å². The molecular weight excluding hydrogens is 203 g/mol. The molecule has 1 aliphatic rings. The molecule has 0 unspecified atom stereocenters. The lowest BCUT2D eigenvalue weighted by Crippen LogP contribution is -2.24. The van der Waals surface area contributed by atoms with Crippen LogP contribution in [0.5, 0.6) is 0 Å². The van der Waals surface area contributed by atoms with Crippen molar-refractivity contribution in [3.63, 3.8) is 0 Å². The summed E-state index contributed by atoms with van der Waals surface area (Å²) in [6, 6.07) is 3.70. The van der Waals surface area contributed by atoms with Gasteiger partial charge in [-0.2, -0.15) is 0 Å². The number of rotatable bonds is 0. The van der Waals surface area contributed by atoms with Crippen molar-refractivity contribution in [2.24, 2.45) is 7.05 Å². The monoisotopic (exact) mass is 218 g/mol. The second kappa shape index (κ2) is 3.32. The Morgan fingerprint density at radius 2 is 2.19 bits per heavy atom. The number of hydrogen-bond donors (Lipinski definition) is 1. The van der Waals surface area contributed by atoms with Crippen LogP contribution in [-0.2, 0) is 20.0 Å². The van der Waals surface area contributed by atoms with Crippen LogP contribution in [0, 0.1) is 12.7 Å². The Kier molecular flexibility index (Phi) is 2.04. The number of halogens is 1. The molecule has 1 N–H and O–H groups in total. The van der Waals surface area contributed by atoms with Gasteiger partial charge in [0.2, 0.25) is 0 Å². The quantitative estimate of drug-likeness (QED) is 0.717. The fourth-order valence-electron chi connectivity index (χ4n) is 2.73. The minimum absolute atomic E-state index is 0.105. The van der Waals surface area contributed by atoms with Gasteiger partial charge in [0.1, 0.15) is 5.82 Å². The van der Waals surface area contributed by atoms with E-state index in [1.165, 1.54) is 11.3 Å². The van der Waals surface area contributed by atoms with Gasteiger partial charge in [-0.05, 0) is 30.2 Å². The molecule has 0 fully saturated rings. The zero-order valence-electron chi connectivity index (χ0n) is 9.60. The molecule has 1 aromatic heterocycles. The Balaban J connectivity index is 2.44. The lowest BCUT2D eigenvalue weighted by atomic mass is 10.0. The van der Waals surface area contributed by atoms with Crippen LogP contribution in [0.25, 0.3) is 10.9 Å². The van der Waals surface area contributed by atoms with Crippen molar-refractivity contribution in [1.29, 1.82) is 0 Å². The van der Waals surface area contributed by atoms with Gasteiger partial charge < -0.3 is 9.88 Å². The van der Waals surface area contributed by atoms with Gasteiger partial charge in [0, 0.05) is 37.6 Å². The smallest absolute Gasteiger partial charge is 0.147 e. The Labute approximate surface area is 94.1 Å². The number of hydrogen-bond acceptors (Lipinski definition) is 1. The molecule has 0 atom stereocenters. The number of benzene rings is 1. The van der Waals surface area contributed by atoms with Gasteiger partial charge in [0.15, 0.2) is 0 Å². The summed E-state index contributed by atoms with van der Waals surface area (Å²) in [4.78, 5) is 0. The average Bonchev–Trinajstić information content (AvgIpc) is 2.54. The lowest BCUT2D eigenvalue weighted by Gasteiger charge is -2.14. The molecule has 1 aromatic carbocycles. The minimum Gasteiger partial charge on any atom is -0.345 e. The molecule has 2 heterocycles. The number of aryl methyl sites for hydroxylation is 2. The van der Waals surface area contributed by atoms with E-state index in [1.807, 2.05) is 18.5 Å². The fraction of sp³-hybridized carbons (Fsp3) is 0.385. The number of nitrogens with one attached hydrogen (secondary N) is 1. The molecule has 16 heavy (non-hydrogen) atoms. The van der Waals surface area contributed by atoms with Crippen LogP contribution in [0.15, 0.2) is 12.1 Å². The zero-order valence-corrected chi connectivity index (χ0v) is 9.60. The normalized spacial score (nSPS) is 15.4. The van der Waals surface area contributed by atoms with Gasteiger partial charge in [0.05, 0.1) is 5.52 Å². The van der Waals surface area contributed by atoms with Crippen molar-refractivity contribution in [2.75, 3.05) is 6.54 Å². The maximum absolute atomic E-state index is 14.0. The molecular formula is C13H15FN2. The van der Waals surface area contributed by atoms with E-state index >= 15 is 0 Å². The highest BCUT2D eigenvalue weighted by Gasteiger charge is 2.20. The number of aromatic nitrogens is 1. The van der Waals surface area contributed by atoms with Gasteiger partial charge in [0.25, 0.3) is 0 Å². The van der Waals surface area contributed by atoms with Crippen LogP contribution in [0.2, 0.25) is 0 Å². The standard InChI is InChI=1S/C13H15FN2/c1-8-5-9-10-7-15-4-3-12(10)16(2)13(9)11(14)6-8/h5-6,15H,3-4,7H2,1-2H3. The van der Waals surface area contributed by atoms with E-state index in [9.17, 15) is 4.39 Å². The first-order valence-electron chi connectivity index (χ1n) is 5.65. The van der Waals surface area contributed by atoms with Gasteiger partial charge >= 0.3 is 0 Å². The van der Waals surface area contributed by atoms with E-state index in [2.05, 4.69) is 11.4 Å². The summed E-state index contributed by atoms with van der Waals surface area (Å²) in [5.74, 6) is -0.105. The molecule has 3 rings (SSSR count). The van der Waals surface area contributed by atoms with Crippen LogP contribution in [0.4, 0.5) is 4.39 Å². The van der Waals surface area contributed by atoms with Crippen LogP contribution < -0.4 is 5.32 Å². The zero-order chi connectivity index (χ0) is 11.3. The van der Waals surface area contributed by atoms with Crippen molar-refractivity contribution < 1.29 is 4.39 Å². The van der Waals surface area contributed by atoms with E-state index in [1.54, 1.807) is 6.07 Å². The van der Waals surface area contributed by atoms with E-state index < -0.39 is 0 Å². The Bertz CT molecular complexity index is 569. The molecule has 2 aromatic rings. The molecule has 1 aliphatic heterocycles. The third kappa shape index (κ3) is 1.21. The molecule has 0 saturated carbocycles. The van der Waals surface area contributed by atoms with Crippen molar-refractivity contribution in [3.8, 4) is 0 Å². The van der Waals surface area contributed by atoms with Gasteiger partial charge in [-0.15, -0.1) is 0 Å². The average molecular weight is 218 g/mol. The first kappa shape index (κ1) is 9.85. The Hall–Kier alpha value is -1.35. The van der Waals surface area contributed by atoms with Crippen molar-refractivity contribution in [1.82, 2.24) is 9.88 Å². The third-order valence-electron chi connectivity index (χ3n) is 3.46. The molecule has 0 saturated heterocycles. The van der Waals surface area contributed by atoms with E-state index in [-0.39, 0.29) is 5.82 Å². The summed E-state index contributed by atoms with van der Waals surface area (Å²) in [7, 11) is 1.96. The van der Waals surface area contributed by atoms with Crippen LogP contribution in [0.1, 0.15) is 16.8 Å². The maximum atomic E-state index is 14.0. The largest absolute Gasteiger partial charge is 0.345 e. The second-order valence-corrected chi connectivity index (χ2v) is 4.55. The Morgan fingerprint density at radius 3 is 3.00 bits per heavy atom. The van der Waals surface area contributed by atoms with Gasteiger partial charge in [-0.3, -0.25) is 0 Å². The highest BCUT2D eigenvalue weighted by atomic mass is 19.1. The summed E-state index contributed by atoms with van der Waals surface area (Å²) >= 11 is 0. The molecule has 3 heteroatoms. The lowest BCUT2D eigenvalue weighted by molar-refractivity contribution is 0.612. The molecule has 0 radical (unpaired) electrons. The topological polar surface area (TPSA) is 17.0 Å². The summed E-state index contributed by atoms with van der Waals surface area (Å²) < 4.78 is 16.0. The second-order valence-electron chi connectivity index (χ2n) is 4.55. The molecule has 0 aliphatic carbocycles. The van der Waals surface area contributed by atoms with E-state index in [4.69, 9.17) is 0 Å². The van der Waals surface area contributed by atoms with E-state index in [0.717, 1.165) is 36.0 Å². The minimum atomic E-state index is -0.105. The van der Waals surface area contributed by atoms with Crippen molar-refractivity contribution in [2.45, 2.75) is 19.9 Å². The molecule has 2 nitrogen and oxygen atoms in total. The summed E-state index contributed by atoms with van der Waals surface area (Å²) in [5, 5.41) is 4.42. The first-order chi connectivity index (χ1) is 7.68. The summed E-state index contributed by atoms with van der Waals surface area (Å²) in [6.45, 7) is 3.78. The molecule has 0 amide bonds. The SMILES string of the molecule is Cc1cc(F)c2c(c1)c1c(n2C)CCNC1. The van der Waals surface area contributed by atoms with Crippen LogP contribution in [0.3, 0.4) is 0 Å².